The molecule has 2 atom stereocenters. The molecule has 4 N–H and O–H groups in total. The van der Waals surface area contributed by atoms with Crippen molar-refractivity contribution >= 4 is 0 Å². The van der Waals surface area contributed by atoms with Gasteiger partial charge < -0.3 is 16.2 Å². The van der Waals surface area contributed by atoms with E-state index in [2.05, 4.69) is 41.5 Å². The second kappa shape index (κ2) is 12.4. The smallest absolute Gasteiger partial charge is 0.0579 e. The van der Waals surface area contributed by atoms with Gasteiger partial charge in [0.15, 0.2) is 0 Å². The van der Waals surface area contributed by atoms with E-state index in [1.807, 2.05) is 0 Å². The zero-order chi connectivity index (χ0) is 23.1. The van der Waals surface area contributed by atoms with Crippen LogP contribution in [0.1, 0.15) is 131 Å². The molecule has 0 aliphatic heterocycles. The van der Waals surface area contributed by atoms with Crippen LogP contribution in [0.5, 0.6) is 0 Å². The lowest BCUT2D eigenvalue weighted by molar-refractivity contribution is -0.0706. The summed E-state index contributed by atoms with van der Waals surface area (Å²) < 4.78 is 6.65. The van der Waals surface area contributed by atoms with Crippen molar-refractivity contribution < 1.29 is 4.74 Å². The van der Waals surface area contributed by atoms with Crippen molar-refractivity contribution in [2.75, 3.05) is 0 Å². The van der Waals surface area contributed by atoms with Crippen molar-refractivity contribution in [3.05, 3.63) is 0 Å². The maximum absolute atomic E-state index is 6.65. The predicted octanol–water partition coefficient (Wildman–Crippen LogP) is 7.21. The van der Waals surface area contributed by atoms with E-state index in [0.717, 1.165) is 24.7 Å². The summed E-state index contributed by atoms with van der Waals surface area (Å²) in [5, 5.41) is 0. The number of hydrogen-bond donors (Lipinski definition) is 2. The van der Waals surface area contributed by atoms with Gasteiger partial charge in [-0.2, -0.15) is 0 Å². The van der Waals surface area contributed by atoms with E-state index in [4.69, 9.17) is 16.2 Å². The number of rotatable bonds is 12. The molecule has 0 heterocycles. The molecule has 2 aliphatic carbocycles. The van der Waals surface area contributed by atoms with Crippen LogP contribution in [-0.4, -0.2) is 24.3 Å². The van der Waals surface area contributed by atoms with Crippen molar-refractivity contribution in [2.45, 2.75) is 156 Å². The van der Waals surface area contributed by atoms with E-state index in [1.165, 1.54) is 77.0 Å². The molecule has 184 valence electrons. The third kappa shape index (κ3) is 9.33. The van der Waals surface area contributed by atoms with Crippen molar-refractivity contribution in [3.8, 4) is 0 Å². The summed E-state index contributed by atoms with van der Waals surface area (Å²) in [5.74, 6) is 1.71. The first-order chi connectivity index (χ1) is 14.5. The SMILES string of the molecule is CC(N)CCCC(C)(C)C1CCC(OC2CCC(C(C)(C)CCCC(C)N)CC2)CC1. The molecule has 2 aliphatic rings. The second-order valence-electron chi connectivity index (χ2n) is 12.8. The predicted molar refractivity (Wildman–Crippen MR) is 135 cm³/mol. The summed E-state index contributed by atoms with van der Waals surface area (Å²) in [7, 11) is 0. The molecule has 0 aromatic carbocycles. The van der Waals surface area contributed by atoms with Gasteiger partial charge in [0.25, 0.3) is 0 Å². The Labute approximate surface area is 194 Å². The quantitative estimate of drug-likeness (QED) is 0.340. The lowest BCUT2D eigenvalue weighted by Gasteiger charge is -2.42. The van der Waals surface area contributed by atoms with Crippen molar-refractivity contribution in [2.24, 2.45) is 34.1 Å². The minimum Gasteiger partial charge on any atom is -0.375 e. The van der Waals surface area contributed by atoms with Crippen LogP contribution in [0.25, 0.3) is 0 Å². The molecule has 0 aromatic heterocycles. The van der Waals surface area contributed by atoms with Crippen LogP contribution < -0.4 is 11.5 Å². The average Bonchev–Trinajstić information content (AvgIpc) is 2.68. The van der Waals surface area contributed by atoms with E-state index in [9.17, 15) is 0 Å². The molecule has 0 saturated heterocycles. The summed E-state index contributed by atoms with van der Waals surface area (Å²) in [5.41, 5.74) is 12.8. The minimum atomic E-state index is 0.343. The molecule has 0 aromatic rings. The van der Waals surface area contributed by atoms with Gasteiger partial charge >= 0.3 is 0 Å². The van der Waals surface area contributed by atoms with Crippen molar-refractivity contribution in [3.63, 3.8) is 0 Å². The topological polar surface area (TPSA) is 61.3 Å². The van der Waals surface area contributed by atoms with Crippen LogP contribution in [0.2, 0.25) is 0 Å². The molecule has 2 rings (SSSR count). The number of hydrogen-bond acceptors (Lipinski definition) is 3. The second-order valence-corrected chi connectivity index (χ2v) is 12.8. The van der Waals surface area contributed by atoms with E-state index in [1.54, 1.807) is 0 Å². The Balaban J connectivity index is 1.67. The fourth-order valence-corrected chi connectivity index (χ4v) is 6.40. The lowest BCUT2D eigenvalue weighted by atomic mass is 9.67. The third-order valence-corrected chi connectivity index (χ3v) is 8.90. The highest BCUT2D eigenvalue weighted by atomic mass is 16.5. The molecule has 2 saturated carbocycles. The number of nitrogens with two attached hydrogens (primary N) is 2. The molecule has 3 nitrogen and oxygen atoms in total. The van der Waals surface area contributed by atoms with Gasteiger partial charge in [0.2, 0.25) is 0 Å². The molecule has 2 fully saturated rings. The molecule has 3 heteroatoms. The Bertz CT molecular complexity index is 439. The van der Waals surface area contributed by atoms with Crippen molar-refractivity contribution in [1.82, 2.24) is 0 Å². The molecule has 0 spiro atoms. The summed E-state index contributed by atoms with van der Waals surface area (Å²) in [6.45, 7) is 14.2. The molecular weight excluding hydrogens is 380 g/mol. The monoisotopic (exact) mass is 436 g/mol. The highest BCUT2D eigenvalue weighted by Gasteiger charge is 2.36. The standard InChI is InChI=1S/C28H56N2O/c1-21(29)9-7-19-27(3,4)23-11-15-25(16-12-23)31-26-17-13-24(14-18-26)28(5,6)20-8-10-22(2)30/h21-26H,7-20,29-30H2,1-6H3. The lowest BCUT2D eigenvalue weighted by Crippen LogP contribution is -2.35. The van der Waals surface area contributed by atoms with Crippen LogP contribution in [0.4, 0.5) is 0 Å². The van der Waals surface area contributed by atoms with Crippen molar-refractivity contribution in [1.29, 1.82) is 0 Å². The van der Waals surface area contributed by atoms with Gasteiger partial charge in [-0.25, -0.2) is 0 Å². The Hall–Kier alpha value is -0.120. The van der Waals surface area contributed by atoms with Gasteiger partial charge in [0.1, 0.15) is 0 Å². The molecular formula is C28H56N2O. The fraction of sp³-hybridized carbons (Fsp3) is 1.00. The summed E-state index contributed by atoms with van der Waals surface area (Å²) in [6, 6.07) is 0.686. The average molecular weight is 437 g/mol. The molecule has 0 radical (unpaired) electrons. The zero-order valence-electron chi connectivity index (χ0n) is 21.9. The minimum absolute atomic E-state index is 0.343. The van der Waals surface area contributed by atoms with Crippen LogP contribution in [0, 0.1) is 22.7 Å². The van der Waals surface area contributed by atoms with Crippen LogP contribution in [-0.2, 0) is 4.74 Å². The van der Waals surface area contributed by atoms with Gasteiger partial charge in [-0.15, -0.1) is 0 Å². The largest absolute Gasteiger partial charge is 0.375 e. The third-order valence-electron chi connectivity index (χ3n) is 8.90. The maximum Gasteiger partial charge on any atom is 0.0579 e. The van der Waals surface area contributed by atoms with Crippen LogP contribution in [0.3, 0.4) is 0 Å². The molecule has 0 amide bonds. The van der Waals surface area contributed by atoms with Gasteiger partial charge in [0, 0.05) is 12.1 Å². The van der Waals surface area contributed by atoms with E-state index in [0.29, 0.717) is 35.1 Å². The number of ether oxygens (including phenoxy) is 1. The molecule has 31 heavy (non-hydrogen) atoms. The van der Waals surface area contributed by atoms with E-state index >= 15 is 0 Å². The van der Waals surface area contributed by atoms with Gasteiger partial charge in [-0.1, -0.05) is 40.5 Å². The van der Waals surface area contributed by atoms with E-state index < -0.39 is 0 Å². The Morgan fingerprint density at radius 3 is 1.26 bits per heavy atom. The fourth-order valence-electron chi connectivity index (χ4n) is 6.40. The Morgan fingerprint density at radius 2 is 0.968 bits per heavy atom. The van der Waals surface area contributed by atoms with Crippen LogP contribution in [0.15, 0.2) is 0 Å². The van der Waals surface area contributed by atoms with Gasteiger partial charge in [-0.3, -0.25) is 0 Å². The van der Waals surface area contributed by atoms with Gasteiger partial charge in [0.05, 0.1) is 12.2 Å². The van der Waals surface area contributed by atoms with E-state index in [-0.39, 0.29) is 0 Å². The first-order valence-corrected chi connectivity index (χ1v) is 13.7. The first-order valence-electron chi connectivity index (χ1n) is 13.7. The van der Waals surface area contributed by atoms with Gasteiger partial charge in [-0.05, 0) is 114 Å². The Morgan fingerprint density at radius 1 is 0.645 bits per heavy atom. The normalized spacial score (nSPS) is 30.2. The summed E-state index contributed by atoms with van der Waals surface area (Å²) in [6.07, 6.45) is 19.0. The summed E-state index contributed by atoms with van der Waals surface area (Å²) >= 11 is 0. The van der Waals surface area contributed by atoms with Crippen LogP contribution >= 0.6 is 0 Å². The molecule has 2 unspecified atom stereocenters. The first kappa shape index (κ1) is 27.1. The zero-order valence-corrected chi connectivity index (χ0v) is 21.9. The molecule has 0 bridgehead atoms. The highest BCUT2D eigenvalue weighted by molar-refractivity contribution is 4.87. The maximum atomic E-state index is 6.65. The highest BCUT2D eigenvalue weighted by Crippen LogP contribution is 2.45. The summed E-state index contributed by atoms with van der Waals surface area (Å²) in [4.78, 5) is 0. The Kier molecular flexibility index (Phi) is 10.8.